The van der Waals surface area contributed by atoms with Crippen LogP contribution in [0.4, 0.5) is 5.69 Å². The van der Waals surface area contributed by atoms with Crippen LogP contribution in [0.5, 0.6) is 5.75 Å². The number of carbonyl (C=O) groups excluding carboxylic acids is 3. The topological polar surface area (TPSA) is 151 Å². The average Bonchev–Trinajstić information content (AvgIpc) is 3.97. The highest BCUT2D eigenvalue weighted by atomic mass is 16.6. The minimum Gasteiger partial charge on any atom is -0.496 e. The zero-order valence-electron chi connectivity index (χ0n) is 40.3. The van der Waals surface area contributed by atoms with Crippen LogP contribution in [0.2, 0.25) is 0 Å². The Morgan fingerprint density at radius 2 is 1.69 bits per heavy atom. The Morgan fingerprint density at radius 3 is 2.39 bits per heavy atom. The molecule has 356 valence electrons. The number of nitrogens with zero attached hydrogens (tertiary/aromatic N) is 3. The number of carbonyl (C=O) groups is 3. The molecule has 13 nitrogen and oxygen atoms in total. The number of esters is 3. The monoisotopic (exact) mass is 915 g/mol. The number of hydrogen-bond donors (Lipinski definition) is 3. The van der Waals surface area contributed by atoms with E-state index in [9.17, 15) is 19.8 Å². The minimum absolute atomic E-state index is 0.0651. The molecule has 1 aliphatic carbocycles. The molecular formula is C54H67N4O9+. The van der Waals surface area contributed by atoms with Crippen LogP contribution >= 0.6 is 0 Å². The number of H-pyrrole nitrogens is 1. The summed E-state index contributed by atoms with van der Waals surface area (Å²) in [5.41, 5.74) is -0.647. The van der Waals surface area contributed by atoms with Gasteiger partial charge in [0.05, 0.1) is 40.5 Å². The van der Waals surface area contributed by atoms with E-state index in [1.807, 2.05) is 50.1 Å². The molecule has 13 heteroatoms. The van der Waals surface area contributed by atoms with Crippen molar-refractivity contribution in [2.75, 3.05) is 66.0 Å². The third-order valence-corrected chi connectivity index (χ3v) is 17.7. The van der Waals surface area contributed by atoms with Gasteiger partial charge in [0.2, 0.25) is 5.60 Å². The Bertz CT molecular complexity index is 2660. The third-order valence-electron chi connectivity index (χ3n) is 17.7. The van der Waals surface area contributed by atoms with Gasteiger partial charge in [-0.25, -0.2) is 4.79 Å². The van der Waals surface area contributed by atoms with Gasteiger partial charge in [0, 0.05) is 89.2 Å². The van der Waals surface area contributed by atoms with E-state index in [4.69, 9.17) is 18.9 Å². The van der Waals surface area contributed by atoms with Crippen molar-refractivity contribution in [1.82, 2.24) is 9.88 Å². The maximum absolute atomic E-state index is 15.8. The summed E-state index contributed by atoms with van der Waals surface area (Å²) < 4.78 is 25.0. The molecule has 3 fully saturated rings. The average molecular weight is 916 g/mol. The molecule has 0 radical (unpaired) electrons. The third kappa shape index (κ3) is 6.22. The maximum atomic E-state index is 15.8. The van der Waals surface area contributed by atoms with Crippen LogP contribution < -0.4 is 9.64 Å². The molecule has 10 rings (SSSR count). The van der Waals surface area contributed by atoms with E-state index >= 15 is 4.79 Å². The van der Waals surface area contributed by atoms with Gasteiger partial charge >= 0.3 is 17.9 Å². The Kier molecular flexibility index (Phi) is 10.8. The summed E-state index contributed by atoms with van der Waals surface area (Å²) >= 11 is 0. The number of quaternary nitrogens is 1. The van der Waals surface area contributed by atoms with Crippen molar-refractivity contribution in [3.63, 3.8) is 0 Å². The number of likely N-dealkylation sites (N-methyl/N-ethyl adjacent to an activating group) is 1. The molecule has 1 saturated carbocycles. The number of rotatable bonds is 8. The quantitative estimate of drug-likeness (QED) is 0.0795. The molecule has 4 aromatic rings. The van der Waals surface area contributed by atoms with Gasteiger partial charge in [-0.05, 0) is 75.8 Å². The minimum atomic E-state index is -2.32. The SMILES string of the molecule is CC[C@]12C=CCN3CC[C@@]4(c5cc([C@@]6(C(=O)OC)C[C@@H]7C[C@](C)(O)C[N+]([C@@H](C)c8ccccc8)(CCCc8c6[nH]c6ccccc86)C7)c(OC)cc5N(C)[C@H]4[C@@](O)(C(=O)OC)[C@@H]1OC(C)=O)[C@@H]32. The summed E-state index contributed by atoms with van der Waals surface area (Å²) in [4.78, 5) is 51.7. The number of aryl methyl sites for hydroxylation is 1. The van der Waals surface area contributed by atoms with Crippen molar-refractivity contribution in [2.45, 2.75) is 112 Å². The number of ether oxygens (including phenoxy) is 4. The van der Waals surface area contributed by atoms with Crippen LogP contribution in [0.3, 0.4) is 0 Å². The number of aromatic nitrogens is 1. The van der Waals surface area contributed by atoms with Crippen LogP contribution in [-0.2, 0) is 45.8 Å². The van der Waals surface area contributed by atoms with Crippen LogP contribution in [-0.4, -0.2) is 133 Å². The first-order valence-electron chi connectivity index (χ1n) is 24.2. The number of benzene rings is 3. The number of piperidine rings is 1. The fourth-order valence-corrected chi connectivity index (χ4v) is 15.6. The van der Waals surface area contributed by atoms with Crippen molar-refractivity contribution in [3.8, 4) is 5.75 Å². The van der Waals surface area contributed by atoms with Gasteiger partial charge < -0.3 is 43.5 Å². The van der Waals surface area contributed by atoms with Gasteiger partial charge in [0.15, 0.2) is 6.10 Å². The summed E-state index contributed by atoms with van der Waals surface area (Å²) in [6.45, 7) is 11.0. The Hall–Kier alpha value is -5.21. The first kappa shape index (κ1) is 45.6. The molecule has 11 atom stereocenters. The van der Waals surface area contributed by atoms with Crippen molar-refractivity contribution in [3.05, 3.63) is 107 Å². The van der Waals surface area contributed by atoms with E-state index in [1.54, 1.807) is 7.11 Å². The van der Waals surface area contributed by atoms with Crippen LogP contribution in [0, 0.1) is 11.3 Å². The standard InChI is InChI=1S/C54H67N4O9/c1-9-51-22-16-24-57-25-23-52(45(51)57)39-27-40(43(64-6)28-42(39)56(5)46(52)54(63,49(61)66-8)47(51)67-34(3)59)53(48(60)65-7)30-35-29-50(4,62)32-58(31-35,33(2)36-17-11-10-12-18-36)26-15-20-38-37-19-13-14-21-41(37)55-44(38)53/h10-14,16-19,21-22,27-28,33,35,45-47,55,62-63H,9,15,20,23-26,29-32H2,1-8H3/q+1/t33-,35-,45-,46+,47+,50-,51+,52+,53-,54-,58?/m0/s1. The lowest BCUT2D eigenvalue weighted by Crippen LogP contribution is -2.81. The predicted molar refractivity (Wildman–Crippen MR) is 254 cm³/mol. The van der Waals surface area contributed by atoms with E-state index in [0.717, 1.165) is 52.9 Å². The fourth-order valence-electron chi connectivity index (χ4n) is 15.6. The van der Waals surface area contributed by atoms with Crippen LogP contribution in [0.1, 0.15) is 93.8 Å². The number of anilines is 1. The Morgan fingerprint density at radius 1 is 0.955 bits per heavy atom. The molecule has 6 aliphatic rings. The number of fused-ring (bicyclic) bond motifs is 6. The molecule has 3 N–H and O–H groups in total. The molecule has 1 aromatic heterocycles. The molecule has 2 bridgehead atoms. The van der Waals surface area contributed by atoms with E-state index in [0.29, 0.717) is 67.5 Å². The smallest absolute Gasteiger partial charge is 0.344 e. The highest BCUT2D eigenvalue weighted by Crippen LogP contribution is 2.68. The van der Waals surface area contributed by atoms with E-state index in [-0.39, 0.29) is 18.0 Å². The zero-order chi connectivity index (χ0) is 47.5. The highest BCUT2D eigenvalue weighted by Gasteiger charge is 2.80. The number of aliphatic hydroxyl groups is 2. The largest absolute Gasteiger partial charge is 0.496 e. The van der Waals surface area contributed by atoms with Gasteiger partial charge in [0.1, 0.15) is 29.4 Å². The highest BCUT2D eigenvalue weighted by molar-refractivity contribution is 5.95. The lowest BCUT2D eigenvalue weighted by atomic mass is 9.47. The summed E-state index contributed by atoms with van der Waals surface area (Å²) in [5, 5.41) is 27.0. The number of para-hydroxylation sites is 1. The molecule has 0 amide bonds. The first-order valence-corrected chi connectivity index (χ1v) is 24.2. The van der Waals surface area contributed by atoms with Gasteiger partial charge in [-0.2, -0.15) is 0 Å². The molecular weight excluding hydrogens is 849 g/mol. The number of hydrogen-bond acceptors (Lipinski definition) is 11. The number of methoxy groups -OCH3 is 3. The predicted octanol–water partition coefficient (Wildman–Crippen LogP) is 6.27. The Balaban J connectivity index is 1.26. The van der Waals surface area contributed by atoms with E-state index in [2.05, 4.69) is 71.4 Å². The van der Waals surface area contributed by atoms with Crippen LogP contribution in [0.15, 0.2) is 78.9 Å². The van der Waals surface area contributed by atoms with Gasteiger partial charge in [-0.1, -0.05) is 67.6 Å². The van der Waals surface area contributed by atoms with Crippen molar-refractivity contribution in [2.24, 2.45) is 11.3 Å². The molecule has 1 unspecified atom stereocenters. The zero-order valence-corrected chi connectivity index (χ0v) is 40.3. The van der Waals surface area contributed by atoms with Gasteiger partial charge in [-0.3, -0.25) is 14.5 Å². The molecule has 67 heavy (non-hydrogen) atoms. The molecule has 3 aromatic carbocycles. The maximum Gasteiger partial charge on any atom is 0.344 e. The normalized spacial score (nSPS) is 35.7. The summed E-state index contributed by atoms with van der Waals surface area (Å²) in [7, 11) is 6.21. The van der Waals surface area contributed by atoms with Gasteiger partial charge in [-0.15, -0.1) is 0 Å². The van der Waals surface area contributed by atoms with Crippen molar-refractivity contribution < 1.29 is 48.0 Å². The summed E-state index contributed by atoms with van der Waals surface area (Å²) in [6.07, 6.45) is 6.10. The van der Waals surface area contributed by atoms with Crippen molar-refractivity contribution in [1.29, 1.82) is 0 Å². The lowest BCUT2D eigenvalue weighted by molar-refractivity contribution is -0.968. The number of aromatic amines is 1. The van der Waals surface area contributed by atoms with Gasteiger partial charge in [0.25, 0.3) is 0 Å². The van der Waals surface area contributed by atoms with E-state index < -0.39 is 57.5 Å². The lowest BCUT2D eigenvalue weighted by Gasteiger charge is -2.63. The second-order valence-corrected chi connectivity index (χ2v) is 21.1. The molecule has 5 aliphatic heterocycles. The summed E-state index contributed by atoms with van der Waals surface area (Å²) in [6, 6.07) is 21.7. The van der Waals surface area contributed by atoms with E-state index in [1.165, 1.54) is 26.7 Å². The molecule has 1 spiro atoms. The van der Waals surface area contributed by atoms with Crippen LogP contribution in [0.25, 0.3) is 10.9 Å². The second kappa shape index (κ2) is 15.9. The first-order chi connectivity index (χ1) is 32.0. The number of nitrogens with one attached hydrogen (secondary N) is 1. The van der Waals surface area contributed by atoms with Crippen molar-refractivity contribution >= 4 is 34.5 Å². The molecule has 2 saturated heterocycles. The summed E-state index contributed by atoms with van der Waals surface area (Å²) in [5.74, 6) is -1.65. The second-order valence-electron chi connectivity index (χ2n) is 21.1. The fraction of sp³-hybridized carbons (Fsp3) is 0.537. The Labute approximate surface area is 393 Å². The molecule has 6 heterocycles.